The third kappa shape index (κ3) is 14.7. The van der Waals surface area contributed by atoms with Gasteiger partial charge in [0.1, 0.15) is 43.1 Å². The van der Waals surface area contributed by atoms with Gasteiger partial charge in [0.25, 0.3) is 0 Å². The van der Waals surface area contributed by atoms with Crippen molar-refractivity contribution < 1.29 is 47.7 Å². The lowest BCUT2D eigenvalue weighted by Crippen LogP contribution is -2.51. The van der Waals surface area contributed by atoms with Gasteiger partial charge in [0.15, 0.2) is 0 Å². The molecule has 2 aromatic carbocycles. The van der Waals surface area contributed by atoms with Crippen LogP contribution in [0.25, 0.3) is 0 Å². The molecule has 244 valence electrons. The summed E-state index contributed by atoms with van der Waals surface area (Å²) < 4.78 is 20.5. The van der Waals surface area contributed by atoms with Crippen LogP contribution in [0.1, 0.15) is 45.7 Å². The van der Waals surface area contributed by atoms with Gasteiger partial charge in [0, 0.05) is 6.42 Å². The second-order valence-corrected chi connectivity index (χ2v) is 10.7. The Bertz CT molecular complexity index is 1310. The maximum atomic E-state index is 12.8. The molecule has 4 N–H and O–H groups in total. The SMILES string of the molecule is CCOC(=O)[C@@H](Cc1ccc(OC(=O)CNC(=O)CNC(=O)OC(C)(C)C)cc1)NC(=O)[C@@H](C)NC(=O)OCc1ccccc1. The van der Waals surface area contributed by atoms with Crippen molar-refractivity contribution in [1.82, 2.24) is 21.3 Å². The summed E-state index contributed by atoms with van der Waals surface area (Å²) >= 11 is 0. The number of amides is 4. The Morgan fingerprint density at radius 1 is 0.778 bits per heavy atom. The molecule has 0 aromatic heterocycles. The maximum Gasteiger partial charge on any atom is 0.408 e. The first-order chi connectivity index (χ1) is 21.3. The van der Waals surface area contributed by atoms with Crippen LogP contribution in [-0.4, -0.2) is 73.3 Å². The molecule has 0 aliphatic carbocycles. The van der Waals surface area contributed by atoms with E-state index in [-0.39, 0.29) is 31.9 Å². The number of ether oxygens (including phenoxy) is 4. The molecule has 0 heterocycles. The molecule has 0 aliphatic rings. The molecule has 0 saturated carbocycles. The van der Waals surface area contributed by atoms with Crippen molar-refractivity contribution in [1.29, 1.82) is 0 Å². The highest BCUT2D eigenvalue weighted by molar-refractivity contribution is 5.89. The van der Waals surface area contributed by atoms with E-state index in [1.807, 2.05) is 18.2 Å². The number of esters is 2. The van der Waals surface area contributed by atoms with E-state index >= 15 is 0 Å². The van der Waals surface area contributed by atoms with Gasteiger partial charge in [-0.3, -0.25) is 9.59 Å². The normalized spacial score (nSPS) is 12.0. The number of hydrogen-bond acceptors (Lipinski definition) is 10. The predicted molar refractivity (Wildman–Crippen MR) is 161 cm³/mol. The van der Waals surface area contributed by atoms with E-state index in [9.17, 15) is 28.8 Å². The molecule has 0 radical (unpaired) electrons. The highest BCUT2D eigenvalue weighted by Gasteiger charge is 2.26. The quantitative estimate of drug-likeness (QED) is 0.137. The lowest BCUT2D eigenvalue weighted by molar-refractivity contribution is -0.147. The molecule has 0 saturated heterocycles. The second kappa shape index (κ2) is 17.9. The average molecular weight is 629 g/mol. The first-order valence-corrected chi connectivity index (χ1v) is 14.2. The maximum absolute atomic E-state index is 12.8. The lowest BCUT2D eigenvalue weighted by Gasteiger charge is -2.20. The van der Waals surface area contributed by atoms with E-state index in [0.29, 0.717) is 5.56 Å². The molecular formula is C31H40N4O10. The van der Waals surface area contributed by atoms with Gasteiger partial charge in [0.05, 0.1) is 6.61 Å². The van der Waals surface area contributed by atoms with Crippen LogP contribution < -0.4 is 26.0 Å². The van der Waals surface area contributed by atoms with Gasteiger partial charge >= 0.3 is 24.1 Å². The minimum atomic E-state index is -1.07. The summed E-state index contributed by atoms with van der Waals surface area (Å²) in [4.78, 5) is 73.2. The fourth-order valence-electron chi connectivity index (χ4n) is 3.54. The van der Waals surface area contributed by atoms with Crippen LogP contribution in [0.3, 0.4) is 0 Å². The zero-order chi connectivity index (χ0) is 33.4. The molecule has 2 rings (SSSR count). The molecule has 0 unspecified atom stereocenters. The Balaban J connectivity index is 1.85. The zero-order valence-electron chi connectivity index (χ0n) is 26.0. The lowest BCUT2D eigenvalue weighted by atomic mass is 10.1. The second-order valence-electron chi connectivity index (χ2n) is 10.7. The summed E-state index contributed by atoms with van der Waals surface area (Å²) in [6.45, 7) is 7.41. The van der Waals surface area contributed by atoms with Crippen molar-refractivity contribution in [3.8, 4) is 5.75 Å². The minimum absolute atomic E-state index is 0.0275. The predicted octanol–water partition coefficient (Wildman–Crippen LogP) is 2.14. The summed E-state index contributed by atoms with van der Waals surface area (Å²) in [6, 6.07) is 13.1. The van der Waals surface area contributed by atoms with Gasteiger partial charge in [-0.1, -0.05) is 42.5 Å². The summed E-state index contributed by atoms with van der Waals surface area (Å²) in [6.07, 6.45) is -1.52. The molecule has 0 aliphatic heterocycles. The largest absolute Gasteiger partial charge is 0.464 e. The Kier molecular flexibility index (Phi) is 14.3. The Hall–Kier alpha value is -5.14. The molecule has 45 heavy (non-hydrogen) atoms. The summed E-state index contributed by atoms with van der Waals surface area (Å²) in [5, 5.41) is 9.62. The number of nitrogens with one attached hydrogen (secondary N) is 4. The van der Waals surface area contributed by atoms with Gasteiger partial charge in [0.2, 0.25) is 11.8 Å². The molecule has 14 nitrogen and oxygen atoms in total. The molecular weight excluding hydrogens is 588 g/mol. The van der Waals surface area contributed by atoms with Crippen molar-refractivity contribution in [2.45, 2.75) is 65.3 Å². The van der Waals surface area contributed by atoms with Crippen molar-refractivity contribution in [2.24, 2.45) is 0 Å². The van der Waals surface area contributed by atoms with E-state index in [0.717, 1.165) is 5.56 Å². The number of benzene rings is 2. The van der Waals surface area contributed by atoms with Crippen molar-refractivity contribution >= 4 is 35.9 Å². The topological polar surface area (TPSA) is 187 Å². The van der Waals surface area contributed by atoms with Crippen LogP contribution in [0.4, 0.5) is 9.59 Å². The minimum Gasteiger partial charge on any atom is -0.464 e. The van der Waals surface area contributed by atoms with Crippen LogP contribution in [0.2, 0.25) is 0 Å². The van der Waals surface area contributed by atoms with Crippen LogP contribution in [-0.2, 0) is 46.4 Å². The summed E-state index contributed by atoms with van der Waals surface area (Å²) in [5.41, 5.74) is 0.672. The number of hydrogen-bond donors (Lipinski definition) is 4. The summed E-state index contributed by atoms with van der Waals surface area (Å²) in [7, 11) is 0. The molecule has 0 fully saturated rings. The fourth-order valence-corrected chi connectivity index (χ4v) is 3.54. The highest BCUT2D eigenvalue weighted by Crippen LogP contribution is 2.14. The van der Waals surface area contributed by atoms with E-state index in [1.54, 1.807) is 52.0 Å². The van der Waals surface area contributed by atoms with Crippen molar-refractivity contribution in [3.05, 3.63) is 65.7 Å². The highest BCUT2D eigenvalue weighted by atomic mass is 16.6. The first kappa shape index (κ1) is 36.1. The van der Waals surface area contributed by atoms with E-state index < -0.39 is 60.2 Å². The van der Waals surface area contributed by atoms with Gasteiger partial charge in [-0.2, -0.15) is 0 Å². The smallest absolute Gasteiger partial charge is 0.408 e. The monoisotopic (exact) mass is 628 g/mol. The van der Waals surface area contributed by atoms with Crippen LogP contribution >= 0.6 is 0 Å². The van der Waals surface area contributed by atoms with Crippen molar-refractivity contribution in [2.75, 3.05) is 19.7 Å². The fraction of sp³-hybridized carbons (Fsp3) is 0.419. The van der Waals surface area contributed by atoms with Crippen LogP contribution in [0, 0.1) is 0 Å². The number of carbonyl (C=O) groups excluding carboxylic acids is 6. The molecule has 2 aromatic rings. The zero-order valence-corrected chi connectivity index (χ0v) is 26.0. The summed E-state index contributed by atoms with van der Waals surface area (Å²) in [5.74, 6) is -2.49. The first-order valence-electron chi connectivity index (χ1n) is 14.2. The number of carbonyl (C=O) groups is 6. The third-order valence-electron chi connectivity index (χ3n) is 5.64. The van der Waals surface area contributed by atoms with E-state index in [4.69, 9.17) is 18.9 Å². The average Bonchev–Trinajstić information content (AvgIpc) is 2.98. The Labute approximate surface area is 261 Å². The van der Waals surface area contributed by atoms with Crippen molar-refractivity contribution in [3.63, 3.8) is 0 Å². The molecule has 0 spiro atoms. The third-order valence-corrected chi connectivity index (χ3v) is 5.64. The molecule has 2 atom stereocenters. The van der Waals surface area contributed by atoms with E-state index in [1.165, 1.54) is 19.1 Å². The molecule has 0 bridgehead atoms. The number of rotatable bonds is 14. The van der Waals surface area contributed by atoms with Crippen LogP contribution in [0.5, 0.6) is 5.75 Å². The van der Waals surface area contributed by atoms with Crippen LogP contribution in [0.15, 0.2) is 54.6 Å². The Morgan fingerprint density at radius 2 is 1.44 bits per heavy atom. The number of alkyl carbamates (subject to hydrolysis) is 2. The van der Waals surface area contributed by atoms with Gasteiger partial charge in [-0.15, -0.1) is 0 Å². The van der Waals surface area contributed by atoms with Gasteiger partial charge in [-0.25, -0.2) is 19.2 Å². The molecule has 4 amide bonds. The Morgan fingerprint density at radius 3 is 2.07 bits per heavy atom. The van der Waals surface area contributed by atoms with Gasteiger partial charge < -0.3 is 40.2 Å². The standard InChI is InChI=1S/C31H40N4O10/c1-6-42-28(39)24(35-27(38)20(2)34-30(41)43-19-22-10-8-7-9-11-22)16-21-12-14-23(15-13-21)44-26(37)18-32-25(36)17-33-29(40)45-31(3,4)5/h7-15,20,24H,6,16-19H2,1-5H3,(H,32,36)(H,33,40)(H,34,41)(H,35,38)/t20-,24-/m1/s1. The van der Waals surface area contributed by atoms with E-state index in [2.05, 4.69) is 21.3 Å². The molecule has 14 heteroatoms. The van der Waals surface area contributed by atoms with Gasteiger partial charge in [-0.05, 0) is 57.9 Å².